The second kappa shape index (κ2) is 6.80. The van der Waals surface area contributed by atoms with E-state index in [2.05, 4.69) is 5.32 Å². The molecule has 0 aliphatic carbocycles. The Kier molecular flexibility index (Phi) is 5.07. The fraction of sp³-hybridized carbons (Fsp3) is 0.333. The third kappa shape index (κ3) is 4.13. The Balaban J connectivity index is 2.01. The summed E-state index contributed by atoms with van der Waals surface area (Å²) in [7, 11) is 0. The second-order valence-corrected chi connectivity index (χ2v) is 5.55. The first-order valence-electron chi connectivity index (χ1n) is 6.38. The Hall–Kier alpha value is -1.23. The molecular weight excluding hydrogens is 261 g/mol. The zero-order chi connectivity index (χ0) is 13.7. The van der Waals surface area contributed by atoms with E-state index in [1.54, 1.807) is 13.0 Å². The molecule has 0 saturated heterocycles. The lowest BCUT2D eigenvalue weighted by atomic mass is 10.1. The molecule has 0 fully saturated rings. The molecule has 19 heavy (non-hydrogen) atoms. The molecule has 0 amide bonds. The van der Waals surface area contributed by atoms with Crippen molar-refractivity contribution in [2.75, 3.05) is 6.54 Å². The zero-order valence-corrected chi connectivity index (χ0v) is 11.7. The van der Waals surface area contributed by atoms with E-state index in [1.165, 1.54) is 17.4 Å². The van der Waals surface area contributed by atoms with Crippen LogP contribution in [-0.2, 0) is 6.54 Å². The zero-order valence-electron chi connectivity index (χ0n) is 10.9. The van der Waals surface area contributed by atoms with Crippen LogP contribution in [0.15, 0.2) is 35.7 Å². The molecule has 2 N–H and O–H groups in total. The average molecular weight is 279 g/mol. The Labute approximate surface area is 116 Å². The van der Waals surface area contributed by atoms with Gasteiger partial charge in [-0.3, -0.25) is 0 Å². The van der Waals surface area contributed by atoms with Crippen LogP contribution in [0.1, 0.15) is 18.9 Å². The van der Waals surface area contributed by atoms with Crippen LogP contribution in [0.4, 0.5) is 4.39 Å². The van der Waals surface area contributed by atoms with E-state index in [9.17, 15) is 4.39 Å². The topological polar surface area (TPSA) is 32.3 Å². The third-order valence-electron chi connectivity index (χ3n) is 2.89. The van der Waals surface area contributed by atoms with E-state index >= 15 is 0 Å². The number of hydrogen-bond acceptors (Lipinski definition) is 3. The monoisotopic (exact) mass is 279 g/mol. The van der Waals surface area contributed by atoms with Crippen molar-refractivity contribution in [2.24, 2.45) is 0 Å². The van der Waals surface area contributed by atoms with Crippen molar-refractivity contribution in [3.05, 3.63) is 47.1 Å². The van der Waals surface area contributed by atoms with Crippen molar-refractivity contribution in [3.63, 3.8) is 0 Å². The highest BCUT2D eigenvalue weighted by Gasteiger charge is 2.07. The molecule has 0 aliphatic heterocycles. The van der Waals surface area contributed by atoms with Crippen LogP contribution < -0.4 is 5.32 Å². The first-order chi connectivity index (χ1) is 9.16. The first-order valence-corrected chi connectivity index (χ1v) is 7.26. The highest BCUT2D eigenvalue weighted by Crippen LogP contribution is 2.28. The lowest BCUT2D eigenvalue weighted by Crippen LogP contribution is -2.18. The number of hydrogen-bond donors (Lipinski definition) is 2. The summed E-state index contributed by atoms with van der Waals surface area (Å²) in [5.41, 5.74) is 1.71. The summed E-state index contributed by atoms with van der Waals surface area (Å²) in [6.45, 7) is 3.21. The Morgan fingerprint density at radius 2 is 2.21 bits per heavy atom. The molecule has 0 radical (unpaired) electrons. The molecule has 1 heterocycles. The van der Waals surface area contributed by atoms with Gasteiger partial charge in [0.15, 0.2) is 0 Å². The Morgan fingerprint density at radius 3 is 2.89 bits per heavy atom. The predicted molar refractivity (Wildman–Crippen MR) is 77.7 cm³/mol. The molecule has 1 atom stereocenters. The fourth-order valence-corrected chi connectivity index (χ4v) is 2.59. The standard InChI is InChI=1S/C15H18FNOS/c1-11(18)6-7-17-10-12-4-5-14(16)13(9-12)15-3-2-8-19-15/h2-5,8-9,11,17-18H,6-7,10H2,1H3. The van der Waals surface area contributed by atoms with Gasteiger partial charge in [-0.25, -0.2) is 4.39 Å². The van der Waals surface area contributed by atoms with Gasteiger partial charge in [-0.2, -0.15) is 0 Å². The van der Waals surface area contributed by atoms with Gasteiger partial charge < -0.3 is 10.4 Å². The molecular formula is C15H18FNOS. The van der Waals surface area contributed by atoms with Crippen molar-refractivity contribution < 1.29 is 9.50 Å². The number of benzene rings is 1. The SMILES string of the molecule is CC(O)CCNCc1ccc(F)c(-c2cccs2)c1. The molecule has 2 aromatic rings. The molecule has 0 spiro atoms. The number of thiophene rings is 1. The summed E-state index contributed by atoms with van der Waals surface area (Å²) in [6, 6.07) is 9.04. The highest BCUT2D eigenvalue weighted by molar-refractivity contribution is 7.13. The predicted octanol–water partition coefficient (Wildman–Crippen LogP) is 3.41. The van der Waals surface area contributed by atoms with E-state index < -0.39 is 0 Å². The van der Waals surface area contributed by atoms with Crippen molar-refractivity contribution in [1.29, 1.82) is 0 Å². The summed E-state index contributed by atoms with van der Waals surface area (Å²) in [5.74, 6) is -0.185. The maximum absolute atomic E-state index is 13.8. The van der Waals surface area contributed by atoms with Crippen LogP contribution in [-0.4, -0.2) is 17.8 Å². The van der Waals surface area contributed by atoms with Crippen molar-refractivity contribution in [1.82, 2.24) is 5.32 Å². The van der Waals surface area contributed by atoms with Crippen LogP contribution in [0.3, 0.4) is 0 Å². The largest absolute Gasteiger partial charge is 0.393 e. The lowest BCUT2D eigenvalue weighted by Gasteiger charge is -2.08. The van der Waals surface area contributed by atoms with Gasteiger partial charge in [-0.15, -0.1) is 11.3 Å². The molecule has 102 valence electrons. The Bertz CT molecular complexity index is 511. The van der Waals surface area contributed by atoms with Gasteiger partial charge in [0.1, 0.15) is 5.82 Å². The molecule has 1 unspecified atom stereocenters. The lowest BCUT2D eigenvalue weighted by molar-refractivity contribution is 0.183. The highest BCUT2D eigenvalue weighted by atomic mass is 32.1. The minimum atomic E-state index is -0.289. The first kappa shape index (κ1) is 14.2. The van der Waals surface area contributed by atoms with Crippen LogP contribution in [0.5, 0.6) is 0 Å². The molecule has 1 aromatic carbocycles. The molecule has 2 rings (SSSR count). The number of halogens is 1. The van der Waals surface area contributed by atoms with Crippen LogP contribution in [0.2, 0.25) is 0 Å². The maximum atomic E-state index is 13.8. The van der Waals surface area contributed by atoms with E-state index in [1.807, 2.05) is 23.6 Å². The second-order valence-electron chi connectivity index (χ2n) is 4.61. The number of rotatable bonds is 6. The van der Waals surface area contributed by atoms with Gasteiger partial charge in [0.25, 0.3) is 0 Å². The minimum Gasteiger partial charge on any atom is -0.393 e. The van der Waals surface area contributed by atoms with Crippen LogP contribution in [0, 0.1) is 5.82 Å². The molecule has 1 aromatic heterocycles. The van der Waals surface area contributed by atoms with Gasteiger partial charge in [0.05, 0.1) is 6.10 Å². The van der Waals surface area contributed by atoms with Gasteiger partial charge in [0.2, 0.25) is 0 Å². The van der Waals surface area contributed by atoms with Gasteiger partial charge in [-0.05, 0) is 49.0 Å². The Morgan fingerprint density at radius 1 is 1.37 bits per heavy atom. The fourth-order valence-electron chi connectivity index (χ4n) is 1.85. The summed E-state index contributed by atoms with van der Waals surface area (Å²) in [6.07, 6.45) is 0.432. The maximum Gasteiger partial charge on any atom is 0.131 e. The normalized spacial score (nSPS) is 12.6. The summed E-state index contributed by atoms with van der Waals surface area (Å²) in [5, 5.41) is 14.4. The number of aliphatic hydroxyl groups excluding tert-OH is 1. The quantitative estimate of drug-likeness (QED) is 0.794. The van der Waals surface area contributed by atoms with E-state index in [-0.39, 0.29) is 11.9 Å². The van der Waals surface area contributed by atoms with Crippen molar-refractivity contribution in [2.45, 2.75) is 26.0 Å². The molecule has 4 heteroatoms. The molecule has 2 nitrogen and oxygen atoms in total. The smallest absolute Gasteiger partial charge is 0.131 e. The third-order valence-corrected chi connectivity index (χ3v) is 3.79. The van der Waals surface area contributed by atoms with Gasteiger partial charge in [0, 0.05) is 17.0 Å². The molecule has 0 bridgehead atoms. The van der Waals surface area contributed by atoms with Crippen molar-refractivity contribution in [3.8, 4) is 10.4 Å². The number of aliphatic hydroxyl groups is 1. The molecule has 0 aliphatic rings. The number of nitrogens with one attached hydrogen (secondary N) is 1. The minimum absolute atomic E-state index is 0.185. The van der Waals surface area contributed by atoms with Gasteiger partial charge in [-0.1, -0.05) is 12.1 Å². The summed E-state index contributed by atoms with van der Waals surface area (Å²) >= 11 is 1.54. The van der Waals surface area contributed by atoms with Gasteiger partial charge >= 0.3 is 0 Å². The summed E-state index contributed by atoms with van der Waals surface area (Å²) in [4.78, 5) is 0.948. The van der Waals surface area contributed by atoms with E-state index in [0.29, 0.717) is 12.1 Å². The molecule has 0 saturated carbocycles. The van der Waals surface area contributed by atoms with E-state index in [4.69, 9.17) is 5.11 Å². The van der Waals surface area contributed by atoms with Crippen LogP contribution >= 0.6 is 11.3 Å². The average Bonchev–Trinajstić information content (AvgIpc) is 2.90. The van der Waals surface area contributed by atoms with E-state index in [0.717, 1.165) is 23.4 Å². The summed E-state index contributed by atoms with van der Waals surface area (Å²) < 4.78 is 13.8. The van der Waals surface area contributed by atoms with Crippen LogP contribution in [0.25, 0.3) is 10.4 Å². The van der Waals surface area contributed by atoms with Crippen molar-refractivity contribution >= 4 is 11.3 Å².